The first-order chi connectivity index (χ1) is 6.33. The summed E-state index contributed by atoms with van der Waals surface area (Å²) in [4.78, 5) is 4.18. The van der Waals surface area contributed by atoms with Gasteiger partial charge in [-0.25, -0.2) is 4.98 Å². The van der Waals surface area contributed by atoms with Gasteiger partial charge in [-0.3, -0.25) is 0 Å². The molecule has 0 fully saturated rings. The van der Waals surface area contributed by atoms with Crippen LogP contribution in [0.1, 0.15) is 38.4 Å². The third-order valence-electron chi connectivity index (χ3n) is 2.44. The molecule has 0 saturated heterocycles. The van der Waals surface area contributed by atoms with Crippen molar-refractivity contribution in [3.8, 4) is 0 Å². The van der Waals surface area contributed by atoms with Crippen molar-refractivity contribution in [2.24, 2.45) is 0 Å². The number of nitrogens with one attached hydrogen (secondary N) is 1. The average Bonchev–Trinajstić information content (AvgIpc) is 2.57. The Morgan fingerprint density at radius 1 is 1.46 bits per heavy atom. The second kappa shape index (κ2) is 5.02. The highest BCUT2D eigenvalue weighted by atomic mass is 15.1. The van der Waals surface area contributed by atoms with E-state index < -0.39 is 0 Å². The van der Waals surface area contributed by atoms with Gasteiger partial charge in [0.25, 0.3) is 0 Å². The second-order valence-corrected chi connectivity index (χ2v) is 3.29. The SMILES string of the molecule is CCC(CC)n1cncc1CNC. The molecule has 3 nitrogen and oxygen atoms in total. The van der Waals surface area contributed by atoms with Crippen LogP contribution in [-0.4, -0.2) is 16.6 Å². The monoisotopic (exact) mass is 181 g/mol. The van der Waals surface area contributed by atoms with E-state index in [2.05, 4.69) is 28.7 Å². The first-order valence-corrected chi connectivity index (χ1v) is 4.98. The van der Waals surface area contributed by atoms with Gasteiger partial charge in [-0.05, 0) is 19.9 Å². The Bertz CT molecular complexity index is 238. The molecule has 13 heavy (non-hydrogen) atoms. The largest absolute Gasteiger partial charge is 0.330 e. The van der Waals surface area contributed by atoms with Crippen LogP contribution in [-0.2, 0) is 6.54 Å². The molecule has 3 heteroatoms. The Morgan fingerprint density at radius 2 is 2.15 bits per heavy atom. The van der Waals surface area contributed by atoms with Crippen molar-refractivity contribution in [2.75, 3.05) is 7.05 Å². The third-order valence-corrected chi connectivity index (χ3v) is 2.44. The van der Waals surface area contributed by atoms with Gasteiger partial charge < -0.3 is 9.88 Å². The van der Waals surface area contributed by atoms with E-state index in [9.17, 15) is 0 Å². The smallest absolute Gasteiger partial charge is 0.0951 e. The quantitative estimate of drug-likeness (QED) is 0.752. The number of hydrogen-bond donors (Lipinski definition) is 1. The summed E-state index contributed by atoms with van der Waals surface area (Å²) in [6, 6.07) is 0.603. The topological polar surface area (TPSA) is 29.9 Å². The van der Waals surface area contributed by atoms with Crippen LogP contribution in [0, 0.1) is 0 Å². The first-order valence-electron chi connectivity index (χ1n) is 4.98. The zero-order chi connectivity index (χ0) is 9.68. The minimum absolute atomic E-state index is 0.603. The normalized spacial score (nSPS) is 11.1. The van der Waals surface area contributed by atoms with E-state index in [0.717, 1.165) is 6.54 Å². The zero-order valence-electron chi connectivity index (χ0n) is 8.75. The standard InChI is InChI=1S/C10H19N3/c1-4-9(5-2)13-8-12-7-10(13)6-11-3/h7-9,11H,4-6H2,1-3H3. The fourth-order valence-electron chi connectivity index (χ4n) is 1.66. The van der Waals surface area contributed by atoms with Gasteiger partial charge in [-0.1, -0.05) is 13.8 Å². The number of nitrogens with zero attached hydrogens (tertiary/aromatic N) is 2. The fraction of sp³-hybridized carbons (Fsp3) is 0.700. The maximum absolute atomic E-state index is 4.18. The van der Waals surface area contributed by atoms with Gasteiger partial charge in [0.2, 0.25) is 0 Å². The molecule has 0 atom stereocenters. The first kappa shape index (κ1) is 10.3. The van der Waals surface area contributed by atoms with Crippen LogP contribution in [0.5, 0.6) is 0 Å². The highest BCUT2D eigenvalue weighted by Crippen LogP contribution is 2.17. The summed E-state index contributed by atoms with van der Waals surface area (Å²) >= 11 is 0. The highest BCUT2D eigenvalue weighted by molar-refractivity contribution is 4.99. The molecule has 0 amide bonds. The number of imidazole rings is 1. The molecule has 1 aromatic heterocycles. The molecule has 0 aliphatic carbocycles. The molecular formula is C10H19N3. The van der Waals surface area contributed by atoms with E-state index in [1.165, 1.54) is 18.5 Å². The van der Waals surface area contributed by atoms with E-state index >= 15 is 0 Å². The highest BCUT2D eigenvalue weighted by Gasteiger charge is 2.09. The molecule has 1 N–H and O–H groups in total. The summed E-state index contributed by atoms with van der Waals surface area (Å²) in [7, 11) is 1.96. The van der Waals surface area contributed by atoms with E-state index in [4.69, 9.17) is 0 Å². The molecule has 0 spiro atoms. The molecule has 0 aliphatic rings. The fourth-order valence-corrected chi connectivity index (χ4v) is 1.66. The van der Waals surface area contributed by atoms with Gasteiger partial charge in [0, 0.05) is 18.8 Å². The molecule has 74 valence electrons. The summed E-state index contributed by atoms with van der Waals surface area (Å²) in [6.07, 6.45) is 6.21. The van der Waals surface area contributed by atoms with E-state index in [-0.39, 0.29) is 0 Å². The van der Waals surface area contributed by atoms with Crippen LogP contribution in [0.4, 0.5) is 0 Å². The summed E-state index contributed by atoms with van der Waals surface area (Å²) in [5.41, 5.74) is 1.27. The summed E-state index contributed by atoms with van der Waals surface area (Å²) in [6.45, 7) is 5.34. The summed E-state index contributed by atoms with van der Waals surface area (Å²) in [5, 5.41) is 3.15. The van der Waals surface area contributed by atoms with Crippen LogP contribution < -0.4 is 5.32 Å². The Balaban J connectivity index is 2.78. The minimum Gasteiger partial charge on any atom is -0.330 e. The molecule has 0 saturated carbocycles. The van der Waals surface area contributed by atoms with Crippen LogP contribution in [0.25, 0.3) is 0 Å². The number of aromatic nitrogens is 2. The molecule has 1 rings (SSSR count). The van der Waals surface area contributed by atoms with Crippen molar-refractivity contribution in [2.45, 2.75) is 39.3 Å². The molecule has 0 bridgehead atoms. The lowest BCUT2D eigenvalue weighted by molar-refractivity contribution is 0.454. The van der Waals surface area contributed by atoms with Gasteiger partial charge in [0.05, 0.1) is 12.0 Å². The van der Waals surface area contributed by atoms with Crippen molar-refractivity contribution in [3.63, 3.8) is 0 Å². The van der Waals surface area contributed by atoms with Crippen molar-refractivity contribution >= 4 is 0 Å². The van der Waals surface area contributed by atoms with E-state index in [1.807, 2.05) is 19.6 Å². The van der Waals surface area contributed by atoms with Crippen LogP contribution >= 0.6 is 0 Å². The Morgan fingerprint density at radius 3 is 2.69 bits per heavy atom. The molecule has 0 radical (unpaired) electrons. The molecule has 1 heterocycles. The van der Waals surface area contributed by atoms with Crippen molar-refractivity contribution in [1.82, 2.24) is 14.9 Å². The van der Waals surface area contributed by atoms with Gasteiger partial charge >= 0.3 is 0 Å². The lowest BCUT2D eigenvalue weighted by Gasteiger charge is -2.17. The van der Waals surface area contributed by atoms with Gasteiger partial charge in [-0.15, -0.1) is 0 Å². The van der Waals surface area contributed by atoms with Crippen LogP contribution in [0.2, 0.25) is 0 Å². The molecule has 0 unspecified atom stereocenters. The number of hydrogen-bond acceptors (Lipinski definition) is 2. The lowest BCUT2D eigenvalue weighted by Crippen LogP contribution is -2.14. The van der Waals surface area contributed by atoms with Gasteiger partial charge in [0.1, 0.15) is 0 Å². The van der Waals surface area contributed by atoms with Crippen molar-refractivity contribution in [3.05, 3.63) is 18.2 Å². The Hall–Kier alpha value is -0.830. The molecule has 0 aliphatic heterocycles. The van der Waals surface area contributed by atoms with Gasteiger partial charge in [0.15, 0.2) is 0 Å². The summed E-state index contributed by atoms with van der Waals surface area (Å²) in [5.74, 6) is 0. The van der Waals surface area contributed by atoms with E-state index in [0.29, 0.717) is 6.04 Å². The molecule has 0 aromatic carbocycles. The average molecular weight is 181 g/mol. The molecule has 1 aromatic rings. The Labute approximate surface area is 80.2 Å². The lowest BCUT2D eigenvalue weighted by atomic mass is 10.1. The maximum atomic E-state index is 4.18. The second-order valence-electron chi connectivity index (χ2n) is 3.29. The molecular weight excluding hydrogens is 162 g/mol. The zero-order valence-corrected chi connectivity index (χ0v) is 8.75. The predicted octanol–water partition coefficient (Wildman–Crippen LogP) is 1.96. The van der Waals surface area contributed by atoms with Crippen LogP contribution in [0.3, 0.4) is 0 Å². The van der Waals surface area contributed by atoms with Crippen LogP contribution in [0.15, 0.2) is 12.5 Å². The Kier molecular flexibility index (Phi) is 3.96. The number of rotatable bonds is 5. The third kappa shape index (κ3) is 2.31. The van der Waals surface area contributed by atoms with Gasteiger partial charge in [-0.2, -0.15) is 0 Å². The predicted molar refractivity (Wildman–Crippen MR) is 54.6 cm³/mol. The maximum Gasteiger partial charge on any atom is 0.0951 e. The van der Waals surface area contributed by atoms with E-state index in [1.54, 1.807) is 0 Å². The summed E-state index contributed by atoms with van der Waals surface area (Å²) < 4.78 is 2.27. The van der Waals surface area contributed by atoms with Crippen molar-refractivity contribution in [1.29, 1.82) is 0 Å². The minimum atomic E-state index is 0.603. The van der Waals surface area contributed by atoms with Crippen molar-refractivity contribution < 1.29 is 0 Å².